The molecule has 1 rings (SSSR count). The molecule has 0 saturated carbocycles. The first-order valence-corrected chi connectivity index (χ1v) is 6.54. The fourth-order valence-electron chi connectivity index (χ4n) is 1.55. The van der Waals surface area contributed by atoms with E-state index in [4.69, 9.17) is 0 Å². The molecule has 5 nitrogen and oxygen atoms in total. The van der Waals surface area contributed by atoms with Gasteiger partial charge in [-0.05, 0) is 25.3 Å². The van der Waals surface area contributed by atoms with Crippen molar-refractivity contribution in [2.24, 2.45) is 5.92 Å². The third kappa shape index (κ3) is 4.36. The lowest BCUT2D eigenvalue weighted by molar-refractivity contribution is 0.0668. The van der Waals surface area contributed by atoms with Crippen LogP contribution in [-0.2, 0) is 14.3 Å². The average Bonchev–Trinajstić information content (AvgIpc) is 2.06. The summed E-state index contributed by atoms with van der Waals surface area (Å²) < 4.78 is 25.9. The van der Waals surface area contributed by atoms with E-state index in [-0.39, 0.29) is 18.6 Å². The fraction of sp³-hybridized carbons (Fsp3) is 1.00. The van der Waals surface area contributed by atoms with Crippen LogP contribution in [0.25, 0.3) is 0 Å². The summed E-state index contributed by atoms with van der Waals surface area (Å²) in [6.07, 6.45) is 1.99. The highest BCUT2D eigenvalue weighted by atomic mass is 32.2. The number of rotatable bonds is 4. The number of hydrogen-bond donors (Lipinski definition) is 2. The molecule has 2 N–H and O–H groups in total. The lowest BCUT2D eigenvalue weighted by Crippen LogP contribution is -2.40. The maximum atomic E-state index is 10.7. The number of nitrogens with one attached hydrogen (secondary N) is 1. The van der Waals surface area contributed by atoms with E-state index in [1.54, 1.807) is 0 Å². The minimum Gasteiger partial charge on any atom is -0.393 e. The van der Waals surface area contributed by atoms with Crippen LogP contribution in [0.1, 0.15) is 12.8 Å². The summed E-state index contributed by atoms with van der Waals surface area (Å²) >= 11 is 0. The molecule has 1 aliphatic rings. The van der Waals surface area contributed by atoms with Crippen molar-refractivity contribution >= 4 is 10.1 Å². The van der Waals surface area contributed by atoms with Crippen LogP contribution in [0.4, 0.5) is 0 Å². The topological polar surface area (TPSA) is 75.6 Å². The van der Waals surface area contributed by atoms with Crippen molar-refractivity contribution in [3.8, 4) is 0 Å². The molecule has 1 saturated heterocycles. The van der Waals surface area contributed by atoms with Crippen molar-refractivity contribution in [3.63, 3.8) is 0 Å². The Labute approximate surface area is 84.6 Å². The SMILES string of the molecule is CS(=O)(=O)OCCC1CNCCC1O. The van der Waals surface area contributed by atoms with E-state index in [1.165, 1.54) is 0 Å². The quantitative estimate of drug-likeness (QED) is 0.618. The summed E-state index contributed by atoms with van der Waals surface area (Å²) in [6.45, 7) is 1.71. The van der Waals surface area contributed by atoms with Gasteiger partial charge in [0.05, 0.1) is 19.0 Å². The van der Waals surface area contributed by atoms with Crippen molar-refractivity contribution in [1.29, 1.82) is 0 Å². The molecule has 84 valence electrons. The summed E-state index contributed by atoms with van der Waals surface area (Å²) in [5.41, 5.74) is 0. The minimum atomic E-state index is -3.34. The molecule has 0 aliphatic carbocycles. The molecule has 2 atom stereocenters. The maximum Gasteiger partial charge on any atom is 0.264 e. The zero-order valence-corrected chi connectivity index (χ0v) is 9.09. The highest BCUT2D eigenvalue weighted by Gasteiger charge is 2.22. The monoisotopic (exact) mass is 223 g/mol. The highest BCUT2D eigenvalue weighted by Crippen LogP contribution is 2.15. The van der Waals surface area contributed by atoms with Gasteiger partial charge in [-0.15, -0.1) is 0 Å². The molecule has 0 spiro atoms. The Hall–Kier alpha value is -0.170. The van der Waals surface area contributed by atoms with E-state index in [9.17, 15) is 13.5 Å². The molecule has 0 aromatic heterocycles. The molecular formula is C8H17NO4S. The third-order valence-corrected chi connectivity index (χ3v) is 2.95. The Kier molecular flexibility index (Phi) is 4.31. The predicted molar refractivity (Wildman–Crippen MR) is 52.4 cm³/mol. The van der Waals surface area contributed by atoms with Gasteiger partial charge in [0.15, 0.2) is 0 Å². The van der Waals surface area contributed by atoms with E-state index in [0.29, 0.717) is 6.42 Å². The highest BCUT2D eigenvalue weighted by molar-refractivity contribution is 7.85. The summed E-state index contributed by atoms with van der Waals surface area (Å²) in [6, 6.07) is 0. The molecule has 1 fully saturated rings. The Morgan fingerprint density at radius 2 is 2.29 bits per heavy atom. The van der Waals surface area contributed by atoms with E-state index in [0.717, 1.165) is 25.8 Å². The van der Waals surface area contributed by atoms with Gasteiger partial charge in [-0.3, -0.25) is 4.18 Å². The predicted octanol–water partition coefficient (Wildman–Crippen LogP) is -0.677. The molecule has 1 aliphatic heterocycles. The Balaban J connectivity index is 2.23. The number of hydrogen-bond acceptors (Lipinski definition) is 5. The van der Waals surface area contributed by atoms with Crippen molar-refractivity contribution in [3.05, 3.63) is 0 Å². The molecule has 14 heavy (non-hydrogen) atoms. The summed E-state index contributed by atoms with van der Waals surface area (Å²) in [5, 5.41) is 12.7. The second-order valence-electron chi connectivity index (χ2n) is 3.64. The molecule has 2 unspecified atom stereocenters. The van der Waals surface area contributed by atoms with Crippen LogP contribution in [0.15, 0.2) is 0 Å². The van der Waals surface area contributed by atoms with Crippen LogP contribution in [0.3, 0.4) is 0 Å². The molecule has 1 heterocycles. The van der Waals surface area contributed by atoms with Gasteiger partial charge in [-0.25, -0.2) is 0 Å². The van der Waals surface area contributed by atoms with Crippen LogP contribution < -0.4 is 5.32 Å². The number of aliphatic hydroxyl groups is 1. The maximum absolute atomic E-state index is 10.7. The molecule has 6 heteroatoms. The van der Waals surface area contributed by atoms with Crippen LogP contribution in [0.5, 0.6) is 0 Å². The second-order valence-corrected chi connectivity index (χ2v) is 5.28. The van der Waals surface area contributed by atoms with Crippen molar-refractivity contribution in [1.82, 2.24) is 5.32 Å². The van der Waals surface area contributed by atoms with Gasteiger partial charge in [0, 0.05) is 6.54 Å². The molecular weight excluding hydrogens is 206 g/mol. The van der Waals surface area contributed by atoms with Crippen molar-refractivity contribution in [2.75, 3.05) is 26.0 Å². The lowest BCUT2D eigenvalue weighted by Gasteiger charge is -2.27. The molecule has 0 bridgehead atoms. The van der Waals surface area contributed by atoms with Gasteiger partial charge in [0.1, 0.15) is 0 Å². The summed E-state index contributed by atoms with van der Waals surface area (Å²) in [4.78, 5) is 0. The zero-order chi connectivity index (χ0) is 10.6. The fourth-order valence-corrected chi connectivity index (χ4v) is 1.95. The first-order valence-electron chi connectivity index (χ1n) is 4.72. The van der Waals surface area contributed by atoms with Crippen LogP contribution in [0.2, 0.25) is 0 Å². The summed E-state index contributed by atoms with van der Waals surface area (Å²) in [5.74, 6) is 0.102. The van der Waals surface area contributed by atoms with Crippen molar-refractivity contribution in [2.45, 2.75) is 18.9 Å². The van der Waals surface area contributed by atoms with Gasteiger partial charge < -0.3 is 10.4 Å². The Morgan fingerprint density at radius 1 is 1.57 bits per heavy atom. The van der Waals surface area contributed by atoms with Gasteiger partial charge in [-0.2, -0.15) is 8.42 Å². The normalized spacial score (nSPS) is 29.0. The van der Waals surface area contributed by atoms with Gasteiger partial charge in [0.25, 0.3) is 10.1 Å². The van der Waals surface area contributed by atoms with E-state index < -0.39 is 10.1 Å². The second kappa shape index (κ2) is 5.06. The number of aliphatic hydroxyl groups excluding tert-OH is 1. The molecule has 0 aromatic rings. The Morgan fingerprint density at radius 3 is 2.86 bits per heavy atom. The van der Waals surface area contributed by atoms with Gasteiger partial charge in [0.2, 0.25) is 0 Å². The van der Waals surface area contributed by atoms with E-state index >= 15 is 0 Å². The van der Waals surface area contributed by atoms with Gasteiger partial charge >= 0.3 is 0 Å². The zero-order valence-electron chi connectivity index (χ0n) is 8.27. The minimum absolute atomic E-state index is 0.102. The molecule has 0 radical (unpaired) electrons. The Bertz CT molecular complexity index is 265. The smallest absolute Gasteiger partial charge is 0.264 e. The molecule has 0 amide bonds. The lowest BCUT2D eigenvalue weighted by atomic mass is 9.93. The number of piperidine rings is 1. The standard InChI is InChI=1S/C8H17NO4S/c1-14(11,12)13-5-3-7-6-9-4-2-8(7)10/h7-10H,2-6H2,1H3. The van der Waals surface area contributed by atoms with Gasteiger partial charge in [-0.1, -0.05) is 0 Å². The van der Waals surface area contributed by atoms with Crippen molar-refractivity contribution < 1.29 is 17.7 Å². The third-order valence-electron chi connectivity index (χ3n) is 2.35. The first-order chi connectivity index (χ1) is 6.49. The molecule has 0 aromatic carbocycles. The summed E-state index contributed by atoms with van der Waals surface area (Å²) in [7, 11) is -3.34. The van der Waals surface area contributed by atoms with Crippen LogP contribution >= 0.6 is 0 Å². The van der Waals surface area contributed by atoms with E-state index in [2.05, 4.69) is 9.50 Å². The largest absolute Gasteiger partial charge is 0.393 e. The first kappa shape index (κ1) is 11.9. The average molecular weight is 223 g/mol. The van der Waals surface area contributed by atoms with E-state index in [1.807, 2.05) is 0 Å². The van der Waals surface area contributed by atoms with Crippen LogP contribution in [-0.4, -0.2) is 45.6 Å². The van der Waals surface area contributed by atoms with Crippen LogP contribution in [0, 0.1) is 5.92 Å².